The van der Waals surface area contributed by atoms with Crippen LogP contribution in [0.4, 0.5) is 0 Å². The topological polar surface area (TPSA) is 201 Å². The second-order valence-corrected chi connectivity index (χ2v) is 37.4. The van der Waals surface area contributed by atoms with Crippen LogP contribution in [0.5, 0.6) is 0 Å². The minimum atomic E-state index is -3.51. The highest BCUT2D eigenvalue weighted by molar-refractivity contribution is 9.13. The molecule has 10 nitrogen and oxygen atoms in total. The summed E-state index contributed by atoms with van der Waals surface area (Å²) in [5.41, 5.74) is 7.55. The van der Waals surface area contributed by atoms with Crippen LogP contribution in [0.15, 0.2) is 309 Å². The van der Waals surface area contributed by atoms with Gasteiger partial charge in [-0.15, -0.1) is 13.2 Å². The van der Waals surface area contributed by atoms with E-state index in [2.05, 4.69) is 294 Å². The lowest BCUT2D eigenvalue weighted by atomic mass is 9.96. The van der Waals surface area contributed by atoms with Crippen molar-refractivity contribution < 1.29 is 48.8 Å². The molecule has 1 radical (unpaired) electrons. The molecular weight excluding hydrogens is 1750 g/mol. The molecule has 17 heteroatoms. The highest BCUT2D eigenvalue weighted by atomic mass is 79.9. The standard InChI is InChI=1S/C34H18.C24H12Br2.C16H8O2.C12H18Br2O4P2.C10H8.2C2H5O.BH2O2/c1-2-9-23-20(6-1)14-32-31-18-22-16-29-26-11-4-8-19-7-3-10-25(33(19)26)28(29)15-21(22)17-30(31)27-13-5-12-24(23)34(27)32;25-22-11-14-9-19-18-7-3-6-17-16-5-2-1-4-13(16)8-21(24(17)18)20(19)10-15(14)12-23(22)26;17-15-12-7-3-6-11-10-5-2-1-4-9(10)8-13(14(11)12)16(15)18;1-3-19(15,16)7-9-5-11(13)12(14)6-10(9)8-20(17,18)4-2;1-2-6-10-8-4-3-7-9(10)5-1;2*1-2-3;2-1-3/h1-18H;1-12H;1-8H;5-6H,3-4,7-8H2,1-2H3,(H,15,16)(H,17,18);1-8H;2*2H2,1H3;2-3H/q;;;;;2*-1;/p-2. The Balaban J connectivity index is 0.000000116. The molecule has 0 heterocycles. The van der Waals surface area contributed by atoms with Gasteiger partial charge in [-0.25, -0.2) is 0 Å². The van der Waals surface area contributed by atoms with Crippen molar-refractivity contribution in [3.63, 3.8) is 0 Å². The van der Waals surface area contributed by atoms with Crippen molar-refractivity contribution >= 4 is 249 Å². The summed E-state index contributed by atoms with van der Waals surface area (Å²) in [5.74, 6) is -0.766. The van der Waals surface area contributed by atoms with Gasteiger partial charge in [0.2, 0.25) is 11.6 Å². The van der Waals surface area contributed by atoms with Gasteiger partial charge in [-0.3, -0.25) is 9.59 Å². The molecule has 0 aromatic heterocycles. The number of rotatable bonds is 6. The van der Waals surface area contributed by atoms with E-state index in [1.165, 1.54) is 152 Å². The molecule has 0 bridgehead atoms. The van der Waals surface area contributed by atoms with E-state index in [0.29, 0.717) is 31.2 Å². The third-order valence-corrected chi connectivity index (χ3v) is 29.1. The van der Waals surface area contributed by atoms with Crippen molar-refractivity contribution in [1.82, 2.24) is 0 Å². The highest BCUT2D eigenvalue weighted by Gasteiger charge is 2.32. The number of Topliss-reactive ketones (excluding diaryl/α,β-unsaturated/α-hetero) is 2. The number of carbonyl (C=O) groups is 2. The molecule has 2 aliphatic rings. The van der Waals surface area contributed by atoms with Gasteiger partial charge in [-0.2, -0.15) is 0 Å². The van der Waals surface area contributed by atoms with E-state index in [1.54, 1.807) is 45.9 Å². The normalized spacial score (nSPS) is 12.8. The minimum absolute atomic E-state index is 0. The second kappa shape index (κ2) is 35.0. The average Bonchev–Trinajstić information content (AvgIpc) is 1.56. The van der Waals surface area contributed by atoms with Gasteiger partial charge in [0.15, 0.2) is 0 Å². The van der Waals surface area contributed by atoms with Gasteiger partial charge in [-0.05, 0) is 334 Å². The highest BCUT2D eigenvalue weighted by Crippen LogP contribution is 2.53. The molecule has 20 aromatic carbocycles. The average molecular weight is 1830 g/mol. The van der Waals surface area contributed by atoms with Gasteiger partial charge in [0, 0.05) is 61.5 Å². The van der Waals surface area contributed by atoms with Crippen molar-refractivity contribution in [3.05, 3.63) is 331 Å². The number of hydrogen-bond donors (Lipinski definition) is 2. The lowest BCUT2D eigenvalue weighted by Crippen LogP contribution is -2.10. The van der Waals surface area contributed by atoms with E-state index < -0.39 is 14.7 Å². The van der Waals surface area contributed by atoms with Crippen molar-refractivity contribution in [2.24, 2.45) is 0 Å². The monoisotopic (exact) mass is 1820 g/mol. The van der Waals surface area contributed by atoms with Crippen LogP contribution in [0.1, 0.15) is 59.5 Å². The van der Waals surface area contributed by atoms with Crippen LogP contribution in [0.25, 0.3) is 173 Å². The first kappa shape index (κ1) is 82.2. The lowest BCUT2D eigenvalue weighted by molar-refractivity contribution is -0.362. The summed E-state index contributed by atoms with van der Waals surface area (Å²) in [4.78, 5) is 47.5. The molecule has 2 aliphatic carbocycles. The summed E-state index contributed by atoms with van der Waals surface area (Å²) in [6.45, 7) is 6.32. The van der Waals surface area contributed by atoms with Crippen molar-refractivity contribution in [3.8, 4) is 22.3 Å². The zero-order valence-electron chi connectivity index (χ0n) is 64.1. The fourth-order valence-electron chi connectivity index (χ4n) is 16.5. The predicted molar refractivity (Wildman–Crippen MR) is 499 cm³/mol. The lowest BCUT2D eigenvalue weighted by Gasteiger charge is -2.26. The van der Waals surface area contributed by atoms with Gasteiger partial charge in [0.1, 0.15) is 0 Å². The van der Waals surface area contributed by atoms with Crippen molar-refractivity contribution in [2.75, 3.05) is 25.5 Å². The van der Waals surface area contributed by atoms with Crippen LogP contribution in [0.3, 0.4) is 0 Å². The first-order valence-electron chi connectivity index (χ1n) is 38.4. The molecule has 117 heavy (non-hydrogen) atoms. The number of benzene rings is 18. The molecule has 0 saturated heterocycles. The Kier molecular flexibility index (Phi) is 24.6. The van der Waals surface area contributed by atoms with E-state index in [9.17, 15) is 28.5 Å². The molecule has 0 aliphatic heterocycles. The van der Waals surface area contributed by atoms with E-state index in [4.69, 9.17) is 20.3 Å². The quantitative estimate of drug-likeness (QED) is 0.0698. The van der Waals surface area contributed by atoms with E-state index in [-0.39, 0.29) is 57.1 Å². The molecule has 2 unspecified atom stereocenters. The molecule has 0 saturated carbocycles. The Morgan fingerprint density at radius 3 is 0.966 bits per heavy atom. The SMILES string of the molecule is Brc1cc2cc3c(cc2cc1Br)-c1cc2ccccc2c2cccc-3c12.CCP(=O)([O-])Cc1cc(Br)c(Br)cc1CP(=O)([O-])CC.CC[O-].CC[O-].O=C1C(=O)c2cc3ccccc3c3cccc1c23.O[B]O.c1ccc2c(c1)cc1c3cc4cc5c(cc4cc3c3cccc2c31)c1cccc2cccc5c21.c1ccc2ccccc2c1. The maximum absolute atomic E-state index is 12.0. The minimum Gasteiger partial charge on any atom is -0.855 e. The maximum atomic E-state index is 12.0. The third kappa shape index (κ3) is 16.1. The van der Waals surface area contributed by atoms with Gasteiger partial charge >= 0.3 is 7.69 Å². The molecule has 0 spiro atoms. The van der Waals surface area contributed by atoms with Crippen LogP contribution >= 0.6 is 78.5 Å². The Hall–Kier alpha value is -9.90. The molecule has 0 amide bonds. The van der Waals surface area contributed by atoms with E-state index in [1.807, 2.05) is 42.5 Å². The van der Waals surface area contributed by atoms with Gasteiger partial charge in [0.25, 0.3) is 0 Å². The van der Waals surface area contributed by atoms with Crippen LogP contribution in [-0.2, 0) is 21.5 Å². The van der Waals surface area contributed by atoms with Gasteiger partial charge in [-0.1, -0.05) is 240 Å². The first-order valence-corrected chi connectivity index (χ1v) is 45.6. The number of hydrogen-bond acceptors (Lipinski definition) is 10. The Morgan fingerprint density at radius 2 is 0.538 bits per heavy atom. The van der Waals surface area contributed by atoms with E-state index in [0.717, 1.165) is 30.5 Å². The molecular formula is C100H74BBr4O10P2-4. The summed E-state index contributed by atoms with van der Waals surface area (Å²) >= 11 is 13.9. The zero-order valence-corrected chi connectivity index (χ0v) is 72.2. The second-order valence-electron chi connectivity index (χ2n) is 28.8. The van der Waals surface area contributed by atoms with Crippen LogP contribution in [0, 0.1) is 0 Å². The van der Waals surface area contributed by atoms with Crippen molar-refractivity contribution in [1.29, 1.82) is 0 Å². The maximum Gasteiger partial charge on any atom is 0.482 e. The predicted octanol–water partition coefficient (Wildman–Crippen LogP) is 25.1. The fourth-order valence-corrected chi connectivity index (χ4v) is 20.1. The first-order chi connectivity index (χ1) is 56.6. The summed E-state index contributed by atoms with van der Waals surface area (Å²) < 4.78 is 27.2. The number of halogens is 4. The molecule has 20 aromatic rings. The van der Waals surface area contributed by atoms with Gasteiger partial charge in [0.05, 0.1) is 0 Å². The molecule has 579 valence electrons. The summed E-state index contributed by atoms with van der Waals surface area (Å²) in [5, 5.41) is 67.9. The Morgan fingerprint density at radius 1 is 0.274 bits per heavy atom. The van der Waals surface area contributed by atoms with Crippen molar-refractivity contribution in [2.45, 2.75) is 40.0 Å². The summed E-state index contributed by atoms with van der Waals surface area (Å²) in [7, 11) is -7.02. The fraction of sp³-hybridized carbons (Fsp3) is 0.100. The molecule has 22 rings (SSSR count). The number of fused-ring (bicyclic) bond motifs is 18. The summed E-state index contributed by atoms with van der Waals surface area (Å²) in [6, 6.07) is 103. The Labute approximate surface area is 710 Å². The molecule has 2 atom stereocenters. The summed E-state index contributed by atoms with van der Waals surface area (Å²) in [6.07, 6.45) is -0.116. The van der Waals surface area contributed by atoms with Crippen LogP contribution < -0.4 is 20.0 Å². The Bertz CT molecular complexity index is 7280. The number of carbonyl (C=O) groups excluding carboxylic acids is 2. The molecule has 0 fully saturated rings. The zero-order chi connectivity index (χ0) is 82.1. The number of ketones is 2. The smallest absolute Gasteiger partial charge is 0.482 e. The largest absolute Gasteiger partial charge is 0.855 e. The van der Waals surface area contributed by atoms with Crippen LogP contribution in [0.2, 0.25) is 0 Å². The van der Waals surface area contributed by atoms with Gasteiger partial charge < -0.3 is 39.2 Å². The van der Waals surface area contributed by atoms with E-state index >= 15 is 0 Å². The van der Waals surface area contributed by atoms with Crippen LogP contribution in [-0.4, -0.2) is 54.8 Å². The molecule has 2 N–H and O–H groups in total. The third-order valence-electron chi connectivity index (χ3n) is 21.8.